The first kappa shape index (κ1) is 13.2. The van der Waals surface area contributed by atoms with Gasteiger partial charge in [-0.05, 0) is 36.3 Å². The molecule has 0 aliphatic heterocycles. The van der Waals surface area contributed by atoms with Crippen LogP contribution < -0.4 is 0 Å². The van der Waals surface area contributed by atoms with Crippen LogP contribution in [0, 0.1) is 11.7 Å². The molecule has 1 aliphatic carbocycles. The quantitative estimate of drug-likeness (QED) is 0.666. The Morgan fingerprint density at radius 1 is 1.17 bits per heavy atom. The molecule has 0 unspecified atom stereocenters. The van der Waals surface area contributed by atoms with E-state index in [2.05, 4.69) is 6.92 Å². The molecular formula is C15H17F3. The largest absolute Gasteiger partial charge is 0.271 e. The number of hydrogen-bond donors (Lipinski definition) is 0. The first-order chi connectivity index (χ1) is 8.56. The highest BCUT2D eigenvalue weighted by Gasteiger charge is 2.20. The Labute approximate surface area is 106 Å². The van der Waals surface area contributed by atoms with Crippen LogP contribution in [0.3, 0.4) is 0 Å². The Kier molecular flexibility index (Phi) is 4.10. The van der Waals surface area contributed by atoms with Crippen molar-refractivity contribution in [3.63, 3.8) is 0 Å². The monoisotopic (exact) mass is 254 g/mol. The van der Waals surface area contributed by atoms with E-state index in [0.717, 1.165) is 37.2 Å². The van der Waals surface area contributed by atoms with Crippen LogP contribution in [0.4, 0.5) is 13.2 Å². The number of hydrogen-bond acceptors (Lipinski definition) is 0. The Balaban J connectivity index is 2.16. The summed E-state index contributed by atoms with van der Waals surface area (Å²) in [5.74, 6) is 0.566. The second-order valence-corrected chi connectivity index (χ2v) is 5.17. The van der Waals surface area contributed by atoms with Gasteiger partial charge in [0.05, 0.1) is 0 Å². The fraction of sp³-hybridized carbons (Fsp3) is 0.467. The fourth-order valence-electron chi connectivity index (χ4n) is 2.63. The van der Waals surface area contributed by atoms with Crippen molar-refractivity contribution >= 4 is 6.08 Å². The van der Waals surface area contributed by atoms with Crippen LogP contribution >= 0.6 is 0 Å². The van der Waals surface area contributed by atoms with Gasteiger partial charge in [-0.2, -0.15) is 8.78 Å². The van der Waals surface area contributed by atoms with E-state index in [0.29, 0.717) is 12.0 Å². The zero-order valence-electron chi connectivity index (χ0n) is 10.4. The SMILES string of the molecule is C[C@H]1CC[C@H](c2ccc(C=C(F)F)c(F)c2)CC1. The smallest absolute Gasteiger partial charge is 0.206 e. The highest BCUT2D eigenvalue weighted by atomic mass is 19.3. The van der Waals surface area contributed by atoms with Crippen LogP contribution in [0.5, 0.6) is 0 Å². The van der Waals surface area contributed by atoms with Gasteiger partial charge in [0.1, 0.15) is 5.82 Å². The maximum atomic E-state index is 13.7. The van der Waals surface area contributed by atoms with Crippen molar-refractivity contribution in [3.05, 3.63) is 41.2 Å². The summed E-state index contributed by atoms with van der Waals surface area (Å²) >= 11 is 0. The van der Waals surface area contributed by atoms with Crippen LogP contribution in [0.15, 0.2) is 24.3 Å². The van der Waals surface area contributed by atoms with Gasteiger partial charge >= 0.3 is 0 Å². The third-order valence-electron chi connectivity index (χ3n) is 3.78. The molecule has 1 aromatic rings. The normalized spacial score (nSPS) is 23.8. The maximum Gasteiger partial charge on any atom is 0.271 e. The summed E-state index contributed by atoms with van der Waals surface area (Å²) in [6.07, 6.45) is 3.15. The molecule has 0 spiro atoms. The third kappa shape index (κ3) is 3.15. The molecule has 3 heteroatoms. The van der Waals surface area contributed by atoms with Gasteiger partial charge in [-0.1, -0.05) is 31.9 Å². The van der Waals surface area contributed by atoms with Crippen molar-refractivity contribution in [1.29, 1.82) is 0 Å². The van der Waals surface area contributed by atoms with Crippen molar-refractivity contribution in [3.8, 4) is 0 Å². The molecule has 1 aliphatic rings. The highest BCUT2D eigenvalue weighted by molar-refractivity contribution is 5.51. The van der Waals surface area contributed by atoms with E-state index >= 15 is 0 Å². The molecule has 0 radical (unpaired) electrons. The van der Waals surface area contributed by atoms with Gasteiger partial charge in [0, 0.05) is 11.6 Å². The summed E-state index contributed by atoms with van der Waals surface area (Å²) in [7, 11) is 0. The minimum atomic E-state index is -1.87. The van der Waals surface area contributed by atoms with Crippen molar-refractivity contribution in [2.24, 2.45) is 5.92 Å². The number of halogens is 3. The van der Waals surface area contributed by atoms with Gasteiger partial charge < -0.3 is 0 Å². The minimum Gasteiger partial charge on any atom is -0.206 e. The van der Waals surface area contributed by atoms with Gasteiger partial charge in [0.25, 0.3) is 6.08 Å². The molecule has 0 aromatic heterocycles. The molecule has 2 rings (SSSR count). The van der Waals surface area contributed by atoms with E-state index < -0.39 is 11.9 Å². The summed E-state index contributed by atoms with van der Waals surface area (Å²) in [4.78, 5) is 0. The average molecular weight is 254 g/mol. The number of benzene rings is 1. The summed E-state index contributed by atoms with van der Waals surface area (Å²) < 4.78 is 37.9. The van der Waals surface area contributed by atoms with Crippen LogP contribution in [-0.2, 0) is 0 Å². The van der Waals surface area contributed by atoms with Crippen molar-refractivity contribution in [2.75, 3.05) is 0 Å². The van der Waals surface area contributed by atoms with E-state index in [1.807, 2.05) is 0 Å². The van der Waals surface area contributed by atoms with Gasteiger partial charge in [0.2, 0.25) is 0 Å². The van der Waals surface area contributed by atoms with E-state index in [9.17, 15) is 13.2 Å². The van der Waals surface area contributed by atoms with E-state index in [4.69, 9.17) is 0 Å². The molecule has 0 N–H and O–H groups in total. The molecular weight excluding hydrogens is 237 g/mol. The van der Waals surface area contributed by atoms with Crippen LogP contribution in [0.2, 0.25) is 0 Å². The van der Waals surface area contributed by atoms with E-state index in [-0.39, 0.29) is 5.56 Å². The van der Waals surface area contributed by atoms with Crippen LogP contribution in [0.1, 0.15) is 49.7 Å². The lowest BCUT2D eigenvalue weighted by Gasteiger charge is -2.26. The first-order valence-electron chi connectivity index (χ1n) is 6.38. The van der Waals surface area contributed by atoms with Crippen molar-refractivity contribution in [2.45, 2.75) is 38.5 Å². The molecule has 0 atom stereocenters. The van der Waals surface area contributed by atoms with Gasteiger partial charge in [0.15, 0.2) is 0 Å². The van der Waals surface area contributed by atoms with Crippen LogP contribution in [-0.4, -0.2) is 0 Å². The molecule has 0 amide bonds. The van der Waals surface area contributed by atoms with Crippen molar-refractivity contribution < 1.29 is 13.2 Å². The Bertz CT molecular complexity index is 439. The molecule has 98 valence electrons. The summed E-state index contributed by atoms with van der Waals surface area (Å²) in [6.45, 7) is 2.23. The Morgan fingerprint density at radius 3 is 2.39 bits per heavy atom. The molecule has 18 heavy (non-hydrogen) atoms. The standard InChI is InChI=1S/C15H17F3/c1-10-2-4-11(5-3-10)12-6-7-13(9-15(17)18)14(16)8-12/h6-11H,2-5H2,1H3/t10-,11-. The number of rotatable bonds is 2. The summed E-state index contributed by atoms with van der Waals surface area (Å²) in [6, 6.07) is 4.63. The molecule has 0 heterocycles. The van der Waals surface area contributed by atoms with E-state index in [1.54, 1.807) is 6.07 Å². The predicted octanol–water partition coefficient (Wildman–Crippen LogP) is 5.36. The van der Waals surface area contributed by atoms with Gasteiger partial charge in [-0.3, -0.25) is 0 Å². The lowest BCUT2D eigenvalue weighted by molar-refractivity contribution is 0.347. The maximum absolute atomic E-state index is 13.7. The van der Waals surface area contributed by atoms with Crippen molar-refractivity contribution in [1.82, 2.24) is 0 Å². The molecule has 1 aromatic carbocycles. The first-order valence-corrected chi connectivity index (χ1v) is 6.38. The fourth-order valence-corrected chi connectivity index (χ4v) is 2.63. The highest BCUT2D eigenvalue weighted by Crippen LogP contribution is 2.36. The molecule has 1 fully saturated rings. The average Bonchev–Trinajstić information content (AvgIpc) is 2.32. The predicted molar refractivity (Wildman–Crippen MR) is 67.0 cm³/mol. The topological polar surface area (TPSA) is 0 Å². The lowest BCUT2D eigenvalue weighted by atomic mass is 9.79. The summed E-state index contributed by atoms with van der Waals surface area (Å²) in [5, 5.41) is 0. The molecule has 0 saturated heterocycles. The Morgan fingerprint density at radius 2 is 1.83 bits per heavy atom. The zero-order chi connectivity index (χ0) is 13.1. The van der Waals surface area contributed by atoms with Gasteiger partial charge in [-0.25, -0.2) is 4.39 Å². The minimum absolute atomic E-state index is 0.0390. The van der Waals surface area contributed by atoms with E-state index in [1.165, 1.54) is 12.1 Å². The Hall–Kier alpha value is -1.25. The third-order valence-corrected chi connectivity index (χ3v) is 3.78. The van der Waals surface area contributed by atoms with Gasteiger partial charge in [-0.15, -0.1) is 0 Å². The molecule has 0 nitrogen and oxygen atoms in total. The van der Waals surface area contributed by atoms with Crippen LogP contribution in [0.25, 0.3) is 6.08 Å². The second kappa shape index (κ2) is 5.59. The lowest BCUT2D eigenvalue weighted by Crippen LogP contribution is -2.11. The molecule has 1 saturated carbocycles. The molecule has 0 bridgehead atoms. The zero-order valence-corrected chi connectivity index (χ0v) is 10.4. The second-order valence-electron chi connectivity index (χ2n) is 5.17. The summed E-state index contributed by atoms with van der Waals surface area (Å²) in [5.41, 5.74) is 0.902.